The topological polar surface area (TPSA) is 76.9 Å². The zero-order chi connectivity index (χ0) is 13.5. The largest absolute Gasteiger partial charge is 0.379 e. The molecule has 19 heavy (non-hydrogen) atoms. The first kappa shape index (κ1) is 13.7. The van der Waals surface area contributed by atoms with E-state index in [1.54, 1.807) is 18.2 Å². The van der Waals surface area contributed by atoms with Crippen LogP contribution in [0.1, 0.15) is 0 Å². The lowest BCUT2D eigenvalue weighted by Crippen LogP contribution is -2.38. The van der Waals surface area contributed by atoms with Crippen LogP contribution in [-0.2, 0) is 9.57 Å². The van der Waals surface area contributed by atoms with Gasteiger partial charge in [-0.05, 0) is 6.07 Å². The molecule has 1 fully saturated rings. The molecule has 104 valence electrons. The number of nitrogens with zero attached hydrogens (tertiary/aromatic N) is 2. The molecule has 1 aliphatic heterocycles. The molecule has 0 aromatic heterocycles. The molecule has 0 unspecified atom stereocenters. The van der Waals surface area contributed by atoms with Crippen molar-refractivity contribution in [3.8, 4) is 0 Å². The van der Waals surface area contributed by atoms with E-state index in [1.807, 2.05) is 0 Å². The third-order valence-corrected chi connectivity index (χ3v) is 2.90. The standard InChI is InChI=1S/C12H17N3O4/c16-15(17)12-4-2-1-3-11(12)13-19-10-7-14-5-8-18-9-6-14/h1-4,13H,5-10H2. The summed E-state index contributed by atoms with van der Waals surface area (Å²) >= 11 is 0. The van der Waals surface area contributed by atoms with E-state index in [2.05, 4.69) is 10.4 Å². The summed E-state index contributed by atoms with van der Waals surface area (Å²) in [6.45, 7) is 4.53. The van der Waals surface area contributed by atoms with Crippen LogP contribution in [0.15, 0.2) is 24.3 Å². The first-order chi connectivity index (χ1) is 9.27. The number of benzene rings is 1. The number of nitro benzene ring substituents is 1. The fourth-order valence-corrected chi connectivity index (χ4v) is 1.85. The van der Waals surface area contributed by atoms with Crippen molar-refractivity contribution in [3.05, 3.63) is 34.4 Å². The van der Waals surface area contributed by atoms with E-state index < -0.39 is 4.92 Å². The van der Waals surface area contributed by atoms with Gasteiger partial charge in [-0.3, -0.25) is 25.3 Å². The van der Waals surface area contributed by atoms with Crippen molar-refractivity contribution in [2.75, 3.05) is 44.9 Å². The highest BCUT2D eigenvalue weighted by Gasteiger charge is 2.13. The Morgan fingerprint density at radius 3 is 2.84 bits per heavy atom. The summed E-state index contributed by atoms with van der Waals surface area (Å²) < 4.78 is 5.24. The van der Waals surface area contributed by atoms with E-state index in [-0.39, 0.29) is 5.69 Å². The number of para-hydroxylation sites is 2. The predicted octanol–water partition coefficient (Wildman–Crippen LogP) is 1.27. The maximum atomic E-state index is 10.8. The minimum Gasteiger partial charge on any atom is -0.379 e. The first-order valence-corrected chi connectivity index (χ1v) is 6.18. The van der Waals surface area contributed by atoms with E-state index >= 15 is 0 Å². The average molecular weight is 267 g/mol. The summed E-state index contributed by atoms with van der Waals surface area (Å²) in [6.07, 6.45) is 0. The number of morpholine rings is 1. The highest BCUT2D eigenvalue weighted by atomic mass is 16.6. The lowest BCUT2D eigenvalue weighted by atomic mass is 10.3. The van der Waals surface area contributed by atoms with Gasteiger partial charge in [0.05, 0.1) is 24.7 Å². The maximum absolute atomic E-state index is 10.8. The summed E-state index contributed by atoms with van der Waals surface area (Å²) in [7, 11) is 0. The molecule has 1 aromatic rings. The summed E-state index contributed by atoms with van der Waals surface area (Å²) in [5.74, 6) is 0. The molecular weight excluding hydrogens is 250 g/mol. The fraction of sp³-hybridized carbons (Fsp3) is 0.500. The molecular formula is C12H17N3O4. The van der Waals surface area contributed by atoms with Crippen LogP contribution >= 0.6 is 0 Å². The molecule has 1 saturated heterocycles. The number of hydrogen-bond acceptors (Lipinski definition) is 6. The van der Waals surface area contributed by atoms with E-state index in [9.17, 15) is 10.1 Å². The molecule has 1 aliphatic rings. The molecule has 0 bridgehead atoms. The normalized spacial score (nSPS) is 16.2. The van der Waals surface area contributed by atoms with Crippen LogP contribution in [0.5, 0.6) is 0 Å². The van der Waals surface area contributed by atoms with Crippen LogP contribution in [0.4, 0.5) is 11.4 Å². The van der Waals surface area contributed by atoms with Crippen molar-refractivity contribution in [1.82, 2.24) is 4.90 Å². The number of hydrogen-bond donors (Lipinski definition) is 1. The minimum absolute atomic E-state index is 0.00822. The molecule has 7 nitrogen and oxygen atoms in total. The smallest absolute Gasteiger partial charge is 0.294 e. The summed E-state index contributed by atoms with van der Waals surface area (Å²) in [6, 6.07) is 6.40. The van der Waals surface area contributed by atoms with Crippen molar-refractivity contribution in [2.24, 2.45) is 0 Å². The van der Waals surface area contributed by atoms with Crippen molar-refractivity contribution < 1.29 is 14.5 Å². The molecule has 0 spiro atoms. The molecule has 7 heteroatoms. The monoisotopic (exact) mass is 267 g/mol. The zero-order valence-electron chi connectivity index (χ0n) is 10.6. The second kappa shape index (κ2) is 7.03. The fourth-order valence-electron chi connectivity index (χ4n) is 1.85. The Balaban J connectivity index is 1.74. The number of nitrogens with one attached hydrogen (secondary N) is 1. The lowest BCUT2D eigenvalue weighted by Gasteiger charge is -2.26. The molecule has 1 N–H and O–H groups in total. The Bertz CT molecular complexity index is 421. The Hall–Kier alpha value is -1.70. The van der Waals surface area contributed by atoms with Crippen molar-refractivity contribution >= 4 is 11.4 Å². The second-order valence-corrected chi connectivity index (χ2v) is 4.18. The van der Waals surface area contributed by atoms with Gasteiger partial charge < -0.3 is 4.74 Å². The molecule has 0 saturated carbocycles. The number of ether oxygens (including phenoxy) is 1. The number of rotatable bonds is 6. The zero-order valence-corrected chi connectivity index (χ0v) is 10.6. The molecule has 0 radical (unpaired) electrons. The first-order valence-electron chi connectivity index (χ1n) is 6.18. The van der Waals surface area contributed by atoms with Crippen molar-refractivity contribution in [2.45, 2.75) is 0 Å². The molecule has 1 heterocycles. The van der Waals surface area contributed by atoms with Crippen LogP contribution in [0.25, 0.3) is 0 Å². The Morgan fingerprint density at radius 2 is 2.11 bits per heavy atom. The number of anilines is 1. The number of nitro groups is 1. The highest BCUT2D eigenvalue weighted by Crippen LogP contribution is 2.22. The van der Waals surface area contributed by atoms with Gasteiger partial charge in [-0.2, -0.15) is 0 Å². The third kappa shape index (κ3) is 4.16. The lowest BCUT2D eigenvalue weighted by molar-refractivity contribution is -0.384. The van der Waals surface area contributed by atoms with Crippen LogP contribution in [0, 0.1) is 10.1 Å². The van der Waals surface area contributed by atoms with Gasteiger partial charge >= 0.3 is 0 Å². The van der Waals surface area contributed by atoms with Gasteiger partial charge in [0.25, 0.3) is 5.69 Å². The molecule has 2 rings (SSSR count). The van der Waals surface area contributed by atoms with E-state index in [4.69, 9.17) is 9.57 Å². The van der Waals surface area contributed by atoms with Gasteiger partial charge in [-0.25, -0.2) is 0 Å². The van der Waals surface area contributed by atoms with Crippen LogP contribution in [0.2, 0.25) is 0 Å². The van der Waals surface area contributed by atoms with Gasteiger partial charge in [-0.15, -0.1) is 0 Å². The molecule has 1 aromatic carbocycles. The van der Waals surface area contributed by atoms with Crippen LogP contribution in [-0.4, -0.2) is 49.3 Å². The maximum Gasteiger partial charge on any atom is 0.294 e. The summed E-state index contributed by atoms with van der Waals surface area (Å²) in [4.78, 5) is 17.9. The van der Waals surface area contributed by atoms with Crippen LogP contribution in [0.3, 0.4) is 0 Å². The quantitative estimate of drug-likeness (QED) is 0.475. The molecule has 0 atom stereocenters. The van der Waals surface area contributed by atoms with Gasteiger partial charge in [-0.1, -0.05) is 12.1 Å². The summed E-state index contributed by atoms with van der Waals surface area (Å²) in [5, 5.41) is 10.8. The van der Waals surface area contributed by atoms with Gasteiger partial charge in [0.15, 0.2) is 0 Å². The van der Waals surface area contributed by atoms with E-state index in [0.717, 1.165) is 32.8 Å². The van der Waals surface area contributed by atoms with E-state index in [1.165, 1.54) is 6.07 Å². The highest BCUT2D eigenvalue weighted by molar-refractivity contribution is 5.59. The summed E-state index contributed by atoms with van der Waals surface area (Å²) in [5.41, 5.74) is 3.01. The van der Waals surface area contributed by atoms with Crippen LogP contribution < -0.4 is 5.48 Å². The Labute approximate surface area is 111 Å². The SMILES string of the molecule is O=[N+]([O-])c1ccccc1NOCCN1CCOCC1. The predicted molar refractivity (Wildman–Crippen MR) is 69.9 cm³/mol. The van der Waals surface area contributed by atoms with E-state index in [0.29, 0.717) is 12.3 Å². The third-order valence-electron chi connectivity index (χ3n) is 2.90. The van der Waals surface area contributed by atoms with Crippen molar-refractivity contribution in [1.29, 1.82) is 0 Å². The molecule has 0 amide bonds. The van der Waals surface area contributed by atoms with Gasteiger partial charge in [0, 0.05) is 25.7 Å². The molecule has 0 aliphatic carbocycles. The Morgan fingerprint density at radius 1 is 1.37 bits per heavy atom. The van der Waals surface area contributed by atoms with Gasteiger partial charge in [0.1, 0.15) is 5.69 Å². The second-order valence-electron chi connectivity index (χ2n) is 4.18. The minimum atomic E-state index is -0.437. The van der Waals surface area contributed by atoms with Gasteiger partial charge in [0.2, 0.25) is 0 Å². The van der Waals surface area contributed by atoms with Crippen molar-refractivity contribution in [3.63, 3.8) is 0 Å². The average Bonchev–Trinajstić information content (AvgIpc) is 2.45. The Kier molecular flexibility index (Phi) is 5.08.